The molecule has 1 amide bonds. The maximum Gasteiger partial charge on any atom is 0.246 e. The minimum Gasteiger partial charge on any atom is -0.347 e. The van der Waals surface area contributed by atoms with Gasteiger partial charge in [0.2, 0.25) is 17.6 Å². The zero-order valence-corrected chi connectivity index (χ0v) is 11.6. The number of nitrogens with one attached hydrogen (secondary N) is 1. The molecule has 0 aliphatic rings. The minimum atomic E-state index is -0.0765. The van der Waals surface area contributed by atoms with Gasteiger partial charge in [-0.25, -0.2) is 0 Å². The molecule has 20 heavy (non-hydrogen) atoms. The van der Waals surface area contributed by atoms with Crippen LogP contribution in [-0.2, 0) is 11.3 Å². The third-order valence-corrected chi connectivity index (χ3v) is 2.80. The predicted octanol–water partition coefficient (Wildman–Crippen LogP) is 2.97. The third kappa shape index (κ3) is 3.93. The zero-order valence-electron chi connectivity index (χ0n) is 10.8. The number of hydrogen-bond donors (Lipinski definition) is 1. The van der Waals surface area contributed by atoms with Gasteiger partial charge in [-0.15, -0.1) is 6.58 Å². The van der Waals surface area contributed by atoms with Gasteiger partial charge >= 0.3 is 0 Å². The molecule has 2 aromatic rings. The monoisotopic (exact) mass is 291 g/mol. The van der Waals surface area contributed by atoms with E-state index >= 15 is 0 Å². The summed E-state index contributed by atoms with van der Waals surface area (Å²) in [6, 6.07) is 7.17. The van der Waals surface area contributed by atoms with Gasteiger partial charge in [-0.2, -0.15) is 4.98 Å². The maximum absolute atomic E-state index is 11.4. The van der Waals surface area contributed by atoms with Crippen LogP contribution in [0.2, 0.25) is 5.02 Å². The van der Waals surface area contributed by atoms with E-state index in [1.807, 2.05) is 12.1 Å². The van der Waals surface area contributed by atoms with E-state index in [4.69, 9.17) is 16.1 Å². The SMILES string of the molecule is C=CCCC(=O)NCc1nc(-c2cccc(Cl)c2)no1. The molecule has 104 valence electrons. The first-order chi connectivity index (χ1) is 9.69. The number of carbonyl (C=O) groups is 1. The molecule has 0 fully saturated rings. The molecule has 0 saturated heterocycles. The van der Waals surface area contributed by atoms with E-state index < -0.39 is 0 Å². The summed E-state index contributed by atoms with van der Waals surface area (Å²) >= 11 is 5.90. The van der Waals surface area contributed by atoms with Crippen LogP contribution >= 0.6 is 11.6 Å². The van der Waals surface area contributed by atoms with Crippen LogP contribution in [0.5, 0.6) is 0 Å². The van der Waals surface area contributed by atoms with Crippen LogP contribution in [0, 0.1) is 0 Å². The number of aromatic nitrogens is 2. The summed E-state index contributed by atoms with van der Waals surface area (Å²) in [4.78, 5) is 15.6. The number of rotatable bonds is 6. The highest BCUT2D eigenvalue weighted by Gasteiger charge is 2.09. The fraction of sp³-hybridized carbons (Fsp3) is 0.214. The van der Waals surface area contributed by atoms with Crippen molar-refractivity contribution >= 4 is 17.5 Å². The fourth-order valence-electron chi connectivity index (χ4n) is 1.57. The second kappa shape index (κ2) is 6.86. The van der Waals surface area contributed by atoms with Crippen molar-refractivity contribution in [1.82, 2.24) is 15.5 Å². The van der Waals surface area contributed by atoms with Crippen LogP contribution in [0.25, 0.3) is 11.4 Å². The van der Waals surface area contributed by atoms with Crippen molar-refractivity contribution in [3.63, 3.8) is 0 Å². The number of halogens is 1. The Balaban J connectivity index is 1.95. The molecular weight excluding hydrogens is 278 g/mol. The molecule has 1 aromatic heterocycles. The zero-order chi connectivity index (χ0) is 14.4. The van der Waals surface area contributed by atoms with Gasteiger partial charge in [-0.3, -0.25) is 4.79 Å². The van der Waals surface area contributed by atoms with Gasteiger partial charge in [-0.1, -0.05) is 35.0 Å². The van der Waals surface area contributed by atoms with E-state index in [0.717, 1.165) is 5.56 Å². The Morgan fingerprint density at radius 2 is 2.35 bits per heavy atom. The Bertz CT molecular complexity index is 610. The van der Waals surface area contributed by atoms with Crippen molar-refractivity contribution in [2.24, 2.45) is 0 Å². The smallest absolute Gasteiger partial charge is 0.246 e. The first-order valence-electron chi connectivity index (χ1n) is 6.15. The molecule has 1 aromatic carbocycles. The van der Waals surface area contributed by atoms with Crippen LogP contribution in [-0.4, -0.2) is 16.0 Å². The highest BCUT2D eigenvalue weighted by Crippen LogP contribution is 2.19. The number of hydrogen-bond acceptors (Lipinski definition) is 4. The fourth-order valence-corrected chi connectivity index (χ4v) is 1.76. The number of allylic oxidation sites excluding steroid dienone is 1. The summed E-state index contributed by atoms with van der Waals surface area (Å²) in [5, 5.41) is 7.16. The van der Waals surface area contributed by atoms with Gasteiger partial charge in [0.05, 0.1) is 6.54 Å². The average Bonchev–Trinajstić information content (AvgIpc) is 2.92. The summed E-state index contributed by atoms with van der Waals surface area (Å²) in [5.41, 5.74) is 0.769. The Morgan fingerprint density at radius 3 is 3.10 bits per heavy atom. The van der Waals surface area contributed by atoms with Crippen LogP contribution in [0.4, 0.5) is 0 Å². The van der Waals surface area contributed by atoms with Gasteiger partial charge in [0.25, 0.3) is 0 Å². The summed E-state index contributed by atoms with van der Waals surface area (Å²) in [6.45, 7) is 3.78. The van der Waals surface area contributed by atoms with Crippen molar-refractivity contribution in [2.45, 2.75) is 19.4 Å². The summed E-state index contributed by atoms with van der Waals surface area (Å²) in [7, 11) is 0. The van der Waals surface area contributed by atoms with Gasteiger partial charge in [0.15, 0.2) is 0 Å². The van der Waals surface area contributed by atoms with E-state index in [9.17, 15) is 4.79 Å². The Hall–Kier alpha value is -2.14. The lowest BCUT2D eigenvalue weighted by molar-refractivity contribution is -0.121. The second-order valence-electron chi connectivity index (χ2n) is 4.13. The third-order valence-electron chi connectivity index (χ3n) is 2.56. The van der Waals surface area contributed by atoms with Crippen molar-refractivity contribution in [2.75, 3.05) is 0 Å². The lowest BCUT2D eigenvalue weighted by Crippen LogP contribution is -2.22. The molecule has 0 unspecified atom stereocenters. The van der Waals surface area contributed by atoms with Crippen molar-refractivity contribution < 1.29 is 9.32 Å². The van der Waals surface area contributed by atoms with E-state index in [-0.39, 0.29) is 12.5 Å². The molecule has 0 radical (unpaired) electrons. The topological polar surface area (TPSA) is 68.0 Å². The lowest BCUT2D eigenvalue weighted by Gasteiger charge is -1.99. The lowest BCUT2D eigenvalue weighted by atomic mass is 10.2. The number of carbonyl (C=O) groups excluding carboxylic acids is 1. The van der Waals surface area contributed by atoms with E-state index in [2.05, 4.69) is 22.0 Å². The Labute approximate surface area is 121 Å². The molecule has 0 spiro atoms. The maximum atomic E-state index is 11.4. The van der Waals surface area contributed by atoms with Gasteiger partial charge in [0.1, 0.15) is 0 Å². The van der Waals surface area contributed by atoms with Gasteiger partial charge < -0.3 is 9.84 Å². The molecule has 0 bridgehead atoms. The molecule has 1 N–H and O–H groups in total. The number of benzene rings is 1. The summed E-state index contributed by atoms with van der Waals surface area (Å²) in [6.07, 6.45) is 2.74. The Morgan fingerprint density at radius 1 is 1.50 bits per heavy atom. The van der Waals surface area contributed by atoms with E-state index in [0.29, 0.717) is 29.6 Å². The molecular formula is C14H14ClN3O2. The first-order valence-corrected chi connectivity index (χ1v) is 6.53. The van der Waals surface area contributed by atoms with Crippen molar-refractivity contribution in [3.8, 4) is 11.4 Å². The Kier molecular flexibility index (Phi) is 4.90. The standard InChI is InChI=1S/C14H14ClN3O2/c1-2-3-7-12(19)16-9-13-17-14(18-20-13)10-5-4-6-11(15)8-10/h2,4-6,8H,1,3,7,9H2,(H,16,19). The number of nitrogens with zero attached hydrogens (tertiary/aromatic N) is 2. The van der Waals surface area contributed by atoms with Crippen LogP contribution < -0.4 is 5.32 Å². The highest BCUT2D eigenvalue weighted by molar-refractivity contribution is 6.30. The molecule has 0 aliphatic carbocycles. The molecule has 5 nitrogen and oxygen atoms in total. The quantitative estimate of drug-likeness (QED) is 0.831. The average molecular weight is 292 g/mol. The largest absolute Gasteiger partial charge is 0.347 e. The van der Waals surface area contributed by atoms with Crippen LogP contribution in [0.1, 0.15) is 18.7 Å². The molecule has 0 aliphatic heterocycles. The van der Waals surface area contributed by atoms with Gasteiger partial charge in [0, 0.05) is 17.0 Å². The molecule has 0 saturated carbocycles. The van der Waals surface area contributed by atoms with Crippen molar-refractivity contribution in [3.05, 3.63) is 47.8 Å². The molecule has 0 atom stereocenters. The van der Waals surface area contributed by atoms with Crippen LogP contribution in [0.3, 0.4) is 0 Å². The normalized spacial score (nSPS) is 10.2. The highest BCUT2D eigenvalue weighted by atomic mass is 35.5. The molecule has 1 heterocycles. The minimum absolute atomic E-state index is 0.0765. The predicted molar refractivity (Wildman–Crippen MR) is 76.0 cm³/mol. The molecule has 6 heteroatoms. The van der Waals surface area contributed by atoms with Crippen LogP contribution in [0.15, 0.2) is 41.4 Å². The van der Waals surface area contributed by atoms with E-state index in [1.54, 1.807) is 18.2 Å². The summed E-state index contributed by atoms with van der Waals surface area (Å²) < 4.78 is 5.07. The van der Waals surface area contributed by atoms with Crippen molar-refractivity contribution in [1.29, 1.82) is 0 Å². The second-order valence-corrected chi connectivity index (χ2v) is 4.56. The number of amides is 1. The van der Waals surface area contributed by atoms with E-state index in [1.165, 1.54) is 0 Å². The van der Waals surface area contributed by atoms with Gasteiger partial charge in [-0.05, 0) is 18.6 Å². The summed E-state index contributed by atoms with van der Waals surface area (Å²) in [5.74, 6) is 0.724. The first kappa shape index (κ1) is 14.3. The molecule has 2 rings (SSSR count).